The van der Waals surface area contributed by atoms with Gasteiger partial charge in [-0.1, -0.05) is 0 Å². The minimum absolute atomic E-state index is 0. The molecule has 0 amide bonds. The Balaban J connectivity index is -0.0000000326. The molecule has 0 bridgehead atoms. The zero-order valence-corrected chi connectivity index (χ0v) is 6.16. The van der Waals surface area contributed by atoms with E-state index in [1.165, 1.54) is 0 Å². The average Bonchev–Trinajstić information content (AvgIpc) is 1.27. The molecule has 0 saturated carbocycles. The summed E-state index contributed by atoms with van der Waals surface area (Å²) in [6, 6.07) is 0. The first-order valence-electron chi connectivity index (χ1n) is 1.09. The van der Waals surface area contributed by atoms with E-state index in [1.54, 1.807) is 0 Å². The van der Waals surface area contributed by atoms with Crippen molar-refractivity contribution in [2.45, 2.75) is 0 Å². The zero-order valence-electron chi connectivity index (χ0n) is 5.40. The fourth-order valence-electron chi connectivity index (χ4n) is 0. The maximum atomic E-state index is 8.49. The van der Waals surface area contributed by atoms with Gasteiger partial charge in [-0.3, -0.25) is 0 Å². The molecule has 6 nitrogen and oxygen atoms in total. The summed E-state index contributed by atoms with van der Waals surface area (Å²) in [7, 11) is -4.94. The van der Waals surface area contributed by atoms with Gasteiger partial charge in [0.05, 0.1) is 0 Å². The number of carbonyl (C=O) groups is 1. The van der Waals surface area contributed by atoms with Gasteiger partial charge in [-0.05, 0) is 0 Å². The maximum Gasteiger partial charge on any atom is 1.00 e. The van der Waals surface area contributed by atoms with Gasteiger partial charge in [0.1, 0.15) is 0 Å². The molecule has 0 saturated heterocycles. The van der Waals surface area contributed by atoms with Crippen molar-refractivity contribution in [1.29, 1.82) is 0 Å². The van der Waals surface area contributed by atoms with Crippen LogP contribution in [-0.4, -0.2) is 6.47 Å². The normalized spacial score (nSPS) is 7.20. The molecule has 0 radical (unpaired) electrons. The van der Waals surface area contributed by atoms with E-state index in [1.807, 2.05) is 0 Å². The molecule has 0 N–H and O–H groups in total. The summed E-state index contributed by atoms with van der Waals surface area (Å²) in [4.78, 5) is 8.25. The number of hydrogen-bond donors (Lipinski definition) is 0. The van der Waals surface area contributed by atoms with E-state index in [2.05, 4.69) is 0 Å². The first kappa shape index (κ1) is 22.4. The second-order valence-corrected chi connectivity index (χ2v) is 1.23. The van der Waals surface area contributed by atoms with Crippen LogP contribution in [0.2, 0.25) is 0 Å². The van der Waals surface area contributed by atoms with Gasteiger partial charge < -0.3 is 9.90 Å². The van der Waals surface area contributed by atoms with Crippen LogP contribution in [0.1, 0.15) is 0 Å². The van der Waals surface area contributed by atoms with Gasteiger partial charge in [0.2, 0.25) is 0 Å². The van der Waals surface area contributed by atoms with Crippen LogP contribution in [0, 0.1) is 10.2 Å². The standard InChI is InChI=1S/CH2O2.ClHO4.2Li/c2-1-3;2-1(3,4)5;;/h1H,(H,2,3);(H,2,3,4,5);;/q;;2*+1/p-2. The molecule has 0 spiro atoms. The molecule has 0 aliphatic rings. The molecule has 0 atom stereocenters. The molecular weight excluding hydrogens is 157 g/mol. The Labute approximate surface area is 82.9 Å². The monoisotopic (exact) mass is 158 g/mol. The first-order valence-corrected chi connectivity index (χ1v) is 2.32. The molecule has 10 heavy (non-hydrogen) atoms. The second-order valence-electron chi connectivity index (χ2n) is 0.474. The predicted molar refractivity (Wildman–Crippen MR) is 6.06 cm³/mol. The third kappa shape index (κ3) is 846. The zero-order chi connectivity index (χ0) is 7.21. The second kappa shape index (κ2) is 12.5. The van der Waals surface area contributed by atoms with E-state index >= 15 is 0 Å². The van der Waals surface area contributed by atoms with E-state index in [0.717, 1.165) is 0 Å². The molecule has 0 unspecified atom stereocenters. The number of carboxylic acid groups (broad SMARTS) is 1. The average molecular weight is 158 g/mol. The van der Waals surface area contributed by atoms with Gasteiger partial charge in [0, 0.05) is 6.47 Å². The molecule has 50 valence electrons. The molecule has 0 heterocycles. The van der Waals surface area contributed by atoms with Crippen LogP contribution < -0.4 is 61.5 Å². The van der Waals surface area contributed by atoms with Crippen LogP contribution in [0.4, 0.5) is 0 Å². The van der Waals surface area contributed by atoms with Crippen LogP contribution in [0.5, 0.6) is 0 Å². The topological polar surface area (TPSA) is 132 Å². The van der Waals surface area contributed by atoms with Crippen molar-refractivity contribution >= 4 is 6.47 Å². The molecule has 0 aliphatic carbocycles. The number of rotatable bonds is 0. The Morgan fingerprint density at radius 3 is 1.00 bits per heavy atom. The molecular formula is CHClLi2O6. The van der Waals surface area contributed by atoms with Crippen molar-refractivity contribution in [3.63, 3.8) is 0 Å². The van der Waals surface area contributed by atoms with Crippen molar-refractivity contribution in [2.75, 3.05) is 0 Å². The van der Waals surface area contributed by atoms with Crippen LogP contribution in [0.25, 0.3) is 0 Å². The van der Waals surface area contributed by atoms with E-state index in [9.17, 15) is 0 Å². The molecule has 0 aromatic rings. The van der Waals surface area contributed by atoms with Gasteiger partial charge in [0.15, 0.2) is 0 Å². The van der Waals surface area contributed by atoms with Crippen LogP contribution in [-0.2, 0) is 4.79 Å². The van der Waals surface area contributed by atoms with Crippen molar-refractivity contribution < 1.29 is 76.5 Å². The quantitative estimate of drug-likeness (QED) is 0.254. The Hall–Kier alpha value is 0.795. The molecule has 0 fully saturated rings. The third-order valence-electron chi connectivity index (χ3n) is 0. The SMILES string of the molecule is O=C[O-].[Li+].[Li+].[O-][Cl+3]([O-])([O-])[O-]. The Morgan fingerprint density at radius 1 is 1.00 bits per heavy atom. The minimum Gasteiger partial charge on any atom is -0.554 e. The van der Waals surface area contributed by atoms with Gasteiger partial charge >= 0.3 is 37.7 Å². The summed E-state index contributed by atoms with van der Waals surface area (Å²) in [5, 5.41) is 8.25. The van der Waals surface area contributed by atoms with Crippen molar-refractivity contribution in [1.82, 2.24) is 0 Å². The Morgan fingerprint density at radius 2 is 1.00 bits per heavy atom. The Kier molecular flexibility index (Phi) is 28.0. The van der Waals surface area contributed by atoms with E-state index in [4.69, 9.17) is 28.5 Å². The molecule has 0 rings (SSSR count). The molecule has 0 aromatic heterocycles. The number of carbonyl (C=O) groups excluding carboxylic acids is 1. The maximum absolute atomic E-state index is 8.49. The van der Waals surface area contributed by atoms with Gasteiger partial charge in [-0.2, -0.15) is 0 Å². The summed E-state index contributed by atoms with van der Waals surface area (Å²) in [5.74, 6) is 0. The third-order valence-corrected chi connectivity index (χ3v) is 0. The minimum atomic E-state index is -4.94. The van der Waals surface area contributed by atoms with Crippen LogP contribution in [0.3, 0.4) is 0 Å². The van der Waals surface area contributed by atoms with Gasteiger partial charge in [-0.25, -0.2) is 18.6 Å². The van der Waals surface area contributed by atoms with Crippen LogP contribution in [0.15, 0.2) is 0 Å². The molecule has 0 aromatic carbocycles. The summed E-state index contributed by atoms with van der Waals surface area (Å²) >= 11 is 0. The van der Waals surface area contributed by atoms with E-state index in [0.29, 0.717) is 0 Å². The first-order chi connectivity index (χ1) is 3.41. The van der Waals surface area contributed by atoms with Gasteiger partial charge in [0.25, 0.3) is 0 Å². The number of hydrogen-bond acceptors (Lipinski definition) is 6. The summed E-state index contributed by atoms with van der Waals surface area (Å²) < 4.78 is 34.0. The predicted octanol–water partition coefficient (Wildman–Crippen LogP) is -12.4. The Bertz CT molecular complexity index is 55.3. The van der Waals surface area contributed by atoms with Crippen molar-refractivity contribution in [3.05, 3.63) is 0 Å². The molecule has 0 aliphatic heterocycles. The van der Waals surface area contributed by atoms with Crippen molar-refractivity contribution in [3.8, 4) is 0 Å². The fraction of sp³-hybridized carbons (Fsp3) is 0. The van der Waals surface area contributed by atoms with E-state index in [-0.39, 0.29) is 37.7 Å². The van der Waals surface area contributed by atoms with Crippen molar-refractivity contribution in [2.24, 2.45) is 0 Å². The smallest absolute Gasteiger partial charge is 0.554 e. The van der Waals surface area contributed by atoms with Gasteiger partial charge in [-0.15, -0.1) is 10.2 Å². The van der Waals surface area contributed by atoms with Crippen LogP contribution >= 0.6 is 0 Å². The largest absolute Gasteiger partial charge is 1.00 e. The fourth-order valence-corrected chi connectivity index (χ4v) is 0. The number of halogens is 1. The van der Waals surface area contributed by atoms with E-state index < -0.39 is 16.7 Å². The summed E-state index contributed by atoms with van der Waals surface area (Å²) in [6.07, 6.45) is 0. The molecule has 9 heteroatoms. The summed E-state index contributed by atoms with van der Waals surface area (Å²) in [6.45, 7) is -0.500. The summed E-state index contributed by atoms with van der Waals surface area (Å²) in [5.41, 5.74) is 0.